The summed E-state index contributed by atoms with van der Waals surface area (Å²) in [5.74, 6) is -0.803. The molecule has 0 amide bonds. The van der Waals surface area contributed by atoms with E-state index in [1.54, 1.807) is 6.92 Å². The van der Waals surface area contributed by atoms with E-state index in [1.807, 2.05) is 0 Å². The first-order chi connectivity index (χ1) is 18.8. The first-order valence-corrected chi connectivity index (χ1v) is 17.3. The molecule has 1 unspecified atom stereocenters. The standard InChI is InChI=1S/C30H59O8P/c1-4-7-9-11-13-14-15-16-17-18-19-21-22-24-29(31)35-26-28(27-37-39(33,34)36-6-3)38-30(32)25-23-20-12-10-8-5-2/h28H,4-27H2,1-3H3,(H,33,34)/t28-/m0/s1. The fourth-order valence-electron chi connectivity index (χ4n) is 4.33. The molecule has 0 rings (SSSR count). The SMILES string of the molecule is CCCCCCCCCCCCCCCC(=O)OC[C@@H](COP(=O)(O)OCC)OC(=O)CCCCCCCC. The van der Waals surface area contributed by atoms with Gasteiger partial charge in [-0.05, 0) is 19.8 Å². The lowest BCUT2D eigenvalue weighted by Crippen LogP contribution is -2.29. The summed E-state index contributed by atoms with van der Waals surface area (Å²) in [6.07, 6.45) is 21.8. The van der Waals surface area contributed by atoms with Crippen LogP contribution in [0.2, 0.25) is 0 Å². The lowest BCUT2D eigenvalue weighted by Gasteiger charge is -2.19. The highest BCUT2D eigenvalue weighted by Crippen LogP contribution is 2.43. The number of hydrogen-bond donors (Lipinski definition) is 1. The Morgan fingerprint density at radius 3 is 1.44 bits per heavy atom. The fraction of sp³-hybridized carbons (Fsp3) is 0.933. The van der Waals surface area contributed by atoms with Crippen LogP contribution in [0.25, 0.3) is 0 Å². The predicted octanol–water partition coefficient (Wildman–Crippen LogP) is 8.83. The number of unbranched alkanes of at least 4 members (excludes halogenated alkanes) is 17. The third kappa shape index (κ3) is 27.0. The highest BCUT2D eigenvalue weighted by atomic mass is 31.2. The summed E-state index contributed by atoms with van der Waals surface area (Å²) in [6, 6.07) is 0. The number of hydrogen-bond acceptors (Lipinski definition) is 7. The van der Waals surface area contributed by atoms with Crippen LogP contribution in [0.1, 0.15) is 156 Å². The van der Waals surface area contributed by atoms with Crippen molar-refractivity contribution in [2.75, 3.05) is 19.8 Å². The van der Waals surface area contributed by atoms with Gasteiger partial charge in [0.1, 0.15) is 6.61 Å². The average molecular weight is 579 g/mol. The summed E-state index contributed by atoms with van der Waals surface area (Å²) in [5, 5.41) is 0. The van der Waals surface area contributed by atoms with Crippen molar-refractivity contribution in [2.45, 2.75) is 162 Å². The lowest BCUT2D eigenvalue weighted by molar-refractivity contribution is -0.161. The van der Waals surface area contributed by atoms with Gasteiger partial charge in [0.2, 0.25) is 0 Å². The molecule has 1 N–H and O–H groups in total. The maximum atomic E-state index is 12.3. The molecule has 0 bridgehead atoms. The van der Waals surface area contributed by atoms with Crippen molar-refractivity contribution < 1.29 is 37.6 Å². The smallest absolute Gasteiger partial charge is 0.462 e. The quantitative estimate of drug-likeness (QED) is 0.0533. The molecule has 0 aromatic heterocycles. The highest BCUT2D eigenvalue weighted by Gasteiger charge is 2.25. The van der Waals surface area contributed by atoms with Gasteiger partial charge in [-0.25, -0.2) is 4.57 Å². The van der Waals surface area contributed by atoms with Crippen molar-refractivity contribution in [2.24, 2.45) is 0 Å². The first-order valence-electron chi connectivity index (χ1n) is 15.8. The molecule has 0 spiro atoms. The zero-order valence-electron chi connectivity index (χ0n) is 25.3. The minimum Gasteiger partial charge on any atom is -0.462 e. The van der Waals surface area contributed by atoms with Crippen LogP contribution in [-0.2, 0) is 32.7 Å². The molecule has 39 heavy (non-hydrogen) atoms. The largest absolute Gasteiger partial charge is 0.472 e. The molecule has 0 aromatic carbocycles. The van der Waals surface area contributed by atoms with Gasteiger partial charge in [0.15, 0.2) is 6.10 Å². The maximum Gasteiger partial charge on any atom is 0.472 e. The van der Waals surface area contributed by atoms with Gasteiger partial charge in [-0.2, -0.15) is 0 Å². The van der Waals surface area contributed by atoms with Crippen LogP contribution in [-0.4, -0.2) is 42.8 Å². The second-order valence-electron chi connectivity index (χ2n) is 10.5. The third-order valence-corrected chi connectivity index (χ3v) is 7.72. The van der Waals surface area contributed by atoms with Crippen LogP contribution in [0.3, 0.4) is 0 Å². The Morgan fingerprint density at radius 2 is 1.00 bits per heavy atom. The lowest BCUT2D eigenvalue weighted by atomic mass is 10.0. The maximum absolute atomic E-state index is 12.3. The Kier molecular flexibility index (Phi) is 26.6. The van der Waals surface area contributed by atoms with E-state index in [0.717, 1.165) is 44.9 Å². The molecular formula is C30H59O8P. The number of phosphoric ester groups is 1. The predicted molar refractivity (Wildman–Crippen MR) is 157 cm³/mol. The summed E-state index contributed by atoms with van der Waals surface area (Å²) in [6.45, 7) is 5.37. The number of ether oxygens (including phenoxy) is 2. The van der Waals surface area contributed by atoms with Crippen LogP contribution in [0.5, 0.6) is 0 Å². The average Bonchev–Trinajstić information content (AvgIpc) is 2.90. The van der Waals surface area contributed by atoms with Crippen molar-refractivity contribution in [1.29, 1.82) is 0 Å². The normalized spacial score (nSPS) is 13.6. The van der Waals surface area contributed by atoms with Crippen molar-refractivity contribution >= 4 is 19.8 Å². The Labute approximate surface area is 238 Å². The molecule has 0 aromatic rings. The van der Waals surface area contributed by atoms with Crippen LogP contribution in [0, 0.1) is 0 Å². The molecule has 0 saturated carbocycles. The van der Waals surface area contributed by atoms with E-state index in [1.165, 1.54) is 70.6 Å². The zero-order chi connectivity index (χ0) is 29.0. The Balaban J connectivity index is 4.14. The van der Waals surface area contributed by atoms with Crippen LogP contribution >= 0.6 is 7.82 Å². The van der Waals surface area contributed by atoms with Crippen molar-refractivity contribution in [3.63, 3.8) is 0 Å². The van der Waals surface area contributed by atoms with Gasteiger partial charge in [0.05, 0.1) is 13.2 Å². The monoisotopic (exact) mass is 578 g/mol. The molecule has 232 valence electrons. The van der Waals surface area contributed by atoms with Gasteiger partial charge in [0, 0.05) is 12.8 Å². The third-order valence-electron chi connectivity index (χ3n) is 6.66. The summed E-state index contributed by atoms with van der Waals surface area (Å²) in [4.78, 5) is 34.1. The first kappa shape index (κ1) is 38.0. The fourth-order valence-corrected chi connectivity index (χ4v) is 5.09. The molecule has 0 heterocycles. The summed E-state index contributed by atoms with van der Waals surface area (Å²) < 4.78 is 32.2. The van der Waals surface area contributed by atoms with E-state index >= 15 is 0 Å². The molecular weight excluding hydrogens is 519 g/mol. The Bertz CT molecular complexity index is 628. The van der Waals surface area contributed by atoms with Gasteiger partial charge in [0.25, 0.3) is 0 Å². The highest BCUT2D eigenvalue weighted by molar-refractivity contribution is 7.47. The van der Waals surface area contributed by atoms with E-state index < -0.39 is 19.9 Å². The molecule has 8 nitrogen and oxygen atoms in total. The van der Waals surface area contributed by atoms with Crippen molar-refractivity contribution in [3.05, 3.63) is 0 Å². The summed E-state index contributed by atoms with van der Waals surface area (Å²) >= 11 is 0. The van der Waals surface area contributed by atoms with E-state index in [-0.39, 0.29) is 32.2 Å². The molecule has 0 aliphatic heterocycles. The van der Waals surface area contributed by atoms with E-state index in [9.17, 15) is 19.0 Å². The van der Waals surface area contributed by atoms with E-state index in [2.05, 4.69) is 13.8 Å². The summed E-state index contributed by atoms with van der Waals surface area (Å²) in [5.41, 5.74) is 0. The second-order valence-corrected chi connectivity index (χ2v) is 11.9. The van der Waals surface area contributed by atoms with E-state index in [4.69, 9.17) is 18.5 Å². The molecule has 0 aliphatic carbocycles. The number of esters is 2. The van der Waals surface area contributed by atoms with Crippen LogP contribution < -0.4 is 0 Å². The molecule has 0 saturated heterocycles. The minimum atomic E-state index is -4.25. The zero-order valence-corrected chi connectivity index (χ0v) is 26.2. The molecule has 2 atom stereocenters. The van der Waals surface area contributed by atoms with Crippen LogP contribution in [0.15, 0.2) is 0 Å². The van der Waals surface area contributed by atoms with Gasteiger partial charge in [-0.3, -0.25) is 18.6 Å². The number of phosphoric acid groups is 1. The van der Waals surface area contributed by atoms with Gasteiger partial charge in [-0.1, -0.05) is 123 Å². The van der Waals surface area contributed by atoms with Gasteiger partial charge in [-0.15, -0.1) is 0 Å². The molecule has 0 aliphatic rings. The number of carbonyl (C=O) groups excluding carboxylic acids is 2. The summed E-state index contributed by atoms with van der Waals surface area (Å²) in [7, 11) is -4.25. The number of rotatable bonds is 29. The molecule has 0 fully saturated rings. The molecule has 9 heteroatoms. The van der Waals surface area contributed by atoms with E-state index in [0.29, 0.717) is 12.8 Å². The van der Waals surface area contributed by atoms with Gasteiger partial charge < -0.3 is 14.4 Å². The molecule has 0 radical (unpaired) electrons. The second kappa shape index (κ2) is 27.2. The van der Waals surface area contributed by atoms with Crippen molar-refractivity contribution in [3.8, 4) is 0 Å². The Morgan fingerprint density at radius 1 is 0.590 bits per heavy atom. The Hall–Kier alpha value is -0.950. The topological polar surface area (TPSA) is 108 Å². The van der Waals surface area contributed by atoms with Crippen LogP contribution in [0.4, 0.5) is 0 Å². The van der Waals surface area contributed by atoms with Crippen molar-refractivity contribution in [1.82, 2.24) is 0 Å². The minimum absolute atomic E-state index is 0.00434. The number of carbonyl (C=O) groups is 2. The van der Waals surface area contributed by atoms with Gasteiger partial charge >= 0.3 is 19.8 Å².